The average molecular weight is 264 g/mol. The third kappa shape index (κ3) is 2.74. The molecule has 0 radical (unpaired) electrons. The SMILES string of the molecule is CCCNCc1c(Cl)cccc1-n1ccnc1C. The van der Waals surface area contributed by atoms with Gasteiger partial charge in [-0.05, 0) is 32.0 Å². The summed E-state index contributed by atoms with van der Waals surface area (Å²) < 4.78 is 2.06. The van der Waals surface area contributed by atoms with Crippen LogP contribution in [0.15, 0.2) is 30.6 Å². The number of nitrogens with zero attached hydrogens (tertiary/aromatic N) is 2. The minimum atomic E-state index is 0.778. The van der Waals surface area contributed by atoms with Crippen molar-refractivity contribution in [2.75, 3.05) is 6.54 Å². The van der Waals surface area contributed by atoms with Crippen LogP contribution in [0, 0.1) is 6.92 Å². The number of rotatable bonds is 5. The fourth-order valence-corrected chi connectivity index (χ4v) is 2.21. The molecule has 0 atom stereocenters. The van der Waals surface area contributed by atoms with Gasteiger partial charge in [0.2, 0.25) is 0 Å². The highest BCUT2D eigenvalue weighted by Gasteiger charge is 2.09. The fraction of sp³-hybridized carbons (Fsp3) is 0.357. The Bertz CT molecular complexity index is 520. The Morgan fingerprint density at radius 2 is 2.22 bits per heavy atom. The minimum absolute atomic E-state index is 0.778. The zero-order valence-corrected chi connectivity index (χ0v) is 11.5. The molecule has 0 bridgehead atoms. The predicted octanol–water partition coefficient (Wildman–Crippen LogP) is 3.33. The van der Waals surface area contributed by atoms with Crippen LogP contribution in [0.1, 0.15) is 24.7 Å². The minimum Gasteiger partial charge on any atom is -0.313 e. The number of aromatic nitrogens is 2. The highest BCUT2D eigenvalue weighted by Crippen LogP contribution is 2.24. The molecule has 0 aliphatic heterocycles. The summed E-state index contributed by atoms with van der Waals surface area (Å²) in [5.41, 5.74) is 2.22. The van der Waals surface area contributed by atoms with Gasteiger partial charge in [0.25, 0.3) is 0 Å². The second-order valence-electron chi connectivity index (χ2n) is 4.26. The lowest BCUT2D eigenvalue weighted by Gasteiger charge is -2.14. The molecule has 1 aromatic heterocycles. The molecule has 1 heterocycles. The van der Waals surface area contributed by atoms with Gasteiger partial charge in [0.1, 0.15) is 5.82 Å². The largest absolute Gasteiger partial charge is 0.313 e. The summed E-state index contributed by atoms with van der Waals surface area (Å²) >= 11 is 6.30. The number of halogens is 1. The molecular weight excluding hydrogens is 246 g/mol. The zero-order chi connectivity index (χ0) is 13.0. The Morgan fingerprint density at radius 3 is 2.89 bits per heavy atom. The van der Waals surface area contributed by atoms with Crippen molar-refractivity contribution in [1.82, 2.24) is 14.9 Å². The van der Waals surface area contributed by atoms with Crippen LogP contribution >= 0.6 is 11.6 Å². The summed E-state index contributed by atoms with van der Waals surface area (Å²) in [5.74, 6) is 0.967. The molecule has 0 aliphatic rings. The highest BCUT2D eigenvalue weighted by molar-refractivity contribution is 6.31. The van der Waals surface area contributed by atoms with E-state index in [-0.39, 0.29) is 0 Å². The van der Waals surface area contributed by atoms with Crippen LogP contribution in [-0.4, -0.2) is 16.1 Å². The molecule has 4 heteroatoms. The van der Waals surface area contributed by atoms with E-state index in [4.69, 9.17) is 11.6 Å². The van der Waals surface area contributed by atoms with E-state index >= 15 is 0 Å². The van der Waals surface area contributed by atoms with Gasteiger partial charge in [0.05, 0.1) is 5.69 Å². The Morgan fingerprint density at radius 1 is 1.39 bits per heavy atom. The highest BCUT2D eigenvalue weighted by atomic mass is 35.5. The Kier molecular flexibility index (Phi) is 4.39. The number of aryl methyl sites for hydroxylation is 1. The molecule has 3 nitrogen and oxygen atoms in total. The van der Waals surface area contributed by atoms with Crippen LogP contribution in [0.3, 0.4) is 0 Å². The van der Waals surface area contributed by atoms with Crippen LogP contribution in [0.2, 0.25) is 5.02 Å². The van der Waals surface area contributed by atoms with E-state index in [1.165, 1.54) is 0 Å². The first-order chi connectivity index (χ1) is 8.74. The predicted molar refractivity (Wildman–Crippen MR) is 75.3 cm³/mol. The lowest BCUT2D eigenvalue weighted by atomic mass is 10.1. The average Bonchev–Trinajstić information content (AvgIpc) is 2.78. The first kappa shape index (κ1) is 13.1. The second kappa shape index (κ2) is 6.03. The van der Waals surface area contributed by atoms with Crippen molar-refractivity contribution in [2.24, 2.45) is 0 Å². The maximum absolute atomic E-state index is 6.30. The molecule has 0 saturated carbocycles. The molecule has 2 rings (SSSR count). The Labute approximate surface area is 113 Å². The molecule has 96 valence electrons. The van der Waals surface area contributed by atoms with Crippen LogP contribution in [0.25, 0.3) is 5.69 Å². The van der Waals surface area contributed by atoms with E-state index in [0.717, 1.165) is 41.6 Å². The molecule has 0 unspecified atom stereocenters. The fourth-order valence-electron chi connectivity index (χ4n) is 1.97. The molecule has 1 aromatic carbocycles. The van der Waals surface area contributed by atoms with Crippen LogP contribution in [-0.2, 0) is 6.54 Å². The van der Waals surface area contributed by atoms with Crippen molar-refractivity contribution < 1.29 is 0 Å². The first-order valence-corrected chi connectivity index (χ1v) is 6.60. The van der Waals surface area contributed by atoms with E-state index in [1.54, 1.807) is 6.20 Å². The van der Waals surface area contributed by atoms with Crippen molar-refractivity contribution in [2.45, 2.75) is 26.8 Å². The number of nitrogens with one attached hydrogen (secondary N) is 1. The van der Waals surface area contributed by atoms with Crippen molar-refractivity contribution in [3.05, 3.63) is 47.0 Å². The van der Waals surface area contributed by atoms with E-state index in [9.17, 15) is 0 Å². The Balaban J connectivity index is 2.35. The third-order valence-electron chi connectivity index (χ3n) is 2.91. The van der Waals surface area contributed by atoms with Gasteiger partial charge in [-0.2, -0.15) is 0 Å². The number of imidazole rings is 1. The summed E-state index contributed by atoms with van der Waals surface area (Å²) in [6, 6.07) is 5.98. The molecule has 1 N–H and O–H groups in total. The number of benzene rings is 1. The molecule has 0 saturated heterocycles. The topological polar surface area (TPSA) is 29.9 Å². The molecule has 18 heavy (non-hydrogen) atoms. The van der Waals surface area contributed by atoms with E-state index in [2.05, 4.69) is 27.9 Å². The number of hydrogen-bond acceptors (Lipinski definition) is 2. The Hall–Kier alpha value is -1.32. The zero-order valence-electron chi connectivity index (χ0n) is 10.8. The quantitative estimate of drug-likeness (QED) is 0.839. The molecule has 0 spiro atoms. The standard InChI is InChI=1S/C14H18ClN3/c1-3-7-16-10-12-13(15)5-4-6-14(12)18-9-8-17-11(18)2/h4-6,8-9,16H,3,7,10H2,1-2H3. The monoisotopic (exact) mass is 263 g/mol. The summed E-state index contributed by atoms with van der Waals surface area (Å²) in [6.45, 7) is 5.92. The van der Waals surface area contributed by atoms with Gasteiger partial charge in [-0.3, -0.25) is 0 Å². The van der Waals surface area contributed by atoms with E-state index in [0.29, 0.717) is 0 Å². The van der Waals surface area contributed by atoms with E-state index in [1.807, 2.05) is 25.3 Å². The van der Waals surface area contributed by atoms with Crippen LogP contribution in [0.4, 0.5) is 0 Å². The molecule has 2 aromatic rings. The molecule has 0 fully saturated rings. The number of hydrogen-bond donors (Lipinski definition) is 1. The summed E-state index contributed by atoms with van der Waals surface area (Å²) in [7, 11) is 0. The lowest BCUT2D eigenvalue weighted by molar-refractivity contribution is 0.672. The van der Waals surface area contributed by atoms with E-state index < -0.39 is 0 Å². The van der Waals surface area contributed by atoms with Gasteiger partial charge >= 0.3 is 0 Å². The maximum atomic E-state index is 6.30. The third-order valence-corrected chi connectivity index (χ3v) is 3.26. The van der Waals surface area contributed by atoms with Gasteiger partial charge < -0.3 is 9.88 Å². The van der Waals surface area contributed by atoms with Gasteiger partial charge in [-0.15, -0.1) is 0 Å². The van der Waals surface area contributed by atoms with Crippen molar-refractivity contribution in [1.29, 1.82) is 0 Å². The smallest absolute Gasteiger partial charge is 0.110 e. The van der Waals surface area contributed by atoms with Gasteiger partial charge in [-0.1, -0.05) is 24.6 Å². The van der Waals surface area contributed by atoms with Crippen molar-refractivity contribution >= 4 is 11.6 Å². The molecule has 0 amide bonds. The van der Waals surface area contributed by atoms with Crippen molar-refractivity contribution in [3.63, 3.8) is 0 Å². The second-order valence-corrected chi connectivity index (χ2v) is 4.67. The maximum Gasteiger partial charge on any atom is 0.110 e. The van der Waals surface area contributed by atoms with Crippen LogP contribution in [0.5, 0.6) is 0 Å². The summed E-state index contributed by atoms with van der Waals surface area (Å²) in [6.07, 6.45) is 4.88. The van der Waals surface area contributed by atoms with Gasteiger partial charge in [-0.25, -0.2) is 4.98 Å². The first-order valence-electron chi connectivity index (χ1n) is 6.22. The van der Waals surface area contributed by atoms with Gasteiger partial charge in [0, 0.05) is 29.5 Å². The summed E-state index contributed by atoms with van der Waals surface area (Å²) in [5, 5.41) is 4.19. The molecular formula is C14H18ClN3. The van der Waals surface area contributed by atoms with Gasteiger partial charge in [0.15, 0.2) is 0 Å². The van der Waals surface area contributed by atoms with Crippen molar-refractivity contribution in [3.8, 4) is 5.69 Å². The van der Waals surface area contributed by atoms with Crippen LogP contribution < -0.4 is 5.32 Å². The molecule has 0 aliphatic carbocycles. The normalized spacial score (nSPS) is 10.8. The summed E-state index contributed by atoms with van der Waals surface area (Å²) in [4.78, 5) is 4.26. The lowest BCUT2D eigenvalue weighted by Crippen LogP contribution is -2.16.